The largest absolute Gasteiger partial charge is 0.469 e. The Hall–Kier alpha value is -3.36. The van der Waals surface area contributed by atoms with Crippen LogP contribution in [-0.2, 0) is 51.7 Å². The molecular formula is C38H43N3O4S. The average molecular weight is 638 g/mol. The van der Waals surface area contributed by atoms with Gasteiger partial charge in [-0.2, -0.15) is 0 Å². The van der Waals surface area contributed by atoms with Crippen LogP contribution in [-0.4, -0.2) is 54.3 Å². The number of benzene rings is 3. The van der Waals surface area contributed by atoms with Crippen molar-refractivity contribution >= 4 is 28.3 Å². The van der Waals surface area contributed by atoms with Crippen molar-refractivity contribution in [1.82, 2.24) is 4.31 Å². The first kappa shape index (κ1) is 28.8. The molecule has 9 rings (SSSR count). The summed E-state index contributed by atoms with van der Waals surface area (Å²) in [5, 5.41) is 0. The van der Waals surface area contributed by atoms with Crippen LogP contribution in [0.15, 0.2) is 41.3 Å². The van der Waals surface area contributed by atoms with Crippen molar-refractivity contribution in [2.75, 3.05) is 49.6 Å². The number of ether oxygens (including phenoxy) is 2. The molecule has 1 unspecified atom stereocenters. The van der Waals surface area contributed by atoms with Crippen molar-refractivity contribution in [3.05, 3.63) is 75.3 Å². The molecule has 0 saturated heterocycles. The SMILES string of the molecule is COC(=O)CCCCCN1S(=O)c2ccccc2C12c1cc3c4c(c1Oc1c2cc2c5c1CCCN5CCC2)CCCN4CCC3. The summed E-state index contributed by atoms with van der Waals surface area (Å²) in [5.41, 5.74) is 11.2. The van der Waals surface area contributed by atoms with Crippen LogP contribution in [0.4, 0.5) is 11.4 Å². The maximum atomic E-state index is 14.8. The Balaban J connectivity index is 1.30. The van der Waals surface area contributed by atoms with E-state index in [0.717, 1.165) is 119 Å². The molecule has 0 aliphatic carbocycles. The number of methoxy groups -OCH3 is 1. The van der Waals surface area contributed by atoms with Crippen LogP contribution < -0.4 is 14.5 Å². The monoisotopic (exact) mass is 637 g/mol. The lowest BCUT2D eigenvalue weighted by atomic mass is 9.70. The normalized spacial score (nSPS) is 21.5. The molecule has 8 heteroatoms. The third-order valence-corrected chi connectivity index (χ3v) is 13.0. The molecule has 6 heterocycles. The molecule has 3 aromatic rings. The number of unbranched alkanes of at least 4 members (excludes halogenated alkanes) is 2. The van der Waals surface area contributed by atoms with E-state index in [0.29, 0.717) is 13.0 Å². The number of hydrogen-bond acceptors (Lipinski definition) is 6. The number of anilines is 2. The van der Waals surface area contributed by atoms with Crippen LogP contribution in [0.25, 0.3) is 0 Å². The summed E-state index contributed by atoms with van der Waals surface area (Å²) < 4.78 is 29.4. The predicted octanol–water partition coefficient (Wildman–Crippen LogP) is 6.55. The Morgan fingerprint density at radius 1 is 0.804 bits per heavy atom. The quantitative estimate of drug-likeness (QED) is 0.226. The second kappa shape index (κ2) is 11.1. The first-order valence-electron chi connectivity index (χ1n) is 17.5. The first-order chi connectivity index (χ1) is 22.6. The van der Waals surface area contributed by atoms with Gasteiger partial charge in [0.05, 0.1) is 12.0 Å². The summed E-state index contributed by atoms with van der Waals surface area (Å²) in [6.45, 7) is 5.10. The highest BCUT2D eigenvalue weighted by Gasteiger charge is 2.58. The number of nitrogens with zero attached hydrogens (tertiary/aromatic N) is 3. The number of carbonyl (C=O) groups excluding carboxylic acids is 1. The maximum Gasteiger partial charge on any atom is 0.305 e. The van der Waals surface area contributed by atoms with E-state index >= 15 is 0 Å². The summed E-state index contributed by atoms with van der Waals surface area (Å²) in [6, 6.07) is 13.4. The molecule has 0 fully saturated rings. The van der Waals surface area contributed by atoms with Crippen LogP contribution in [0.5, 0.6) is 11.5 Å². The van der Waals surface area contributed by atoms with E-state index in [-0.39, 0.29) is 5.97 Å². The highest BCUT2D eigenvalue weighted by atomic mass is 32.2. The van der Waals surface area contributed by atoms with Gasteiger partial charge in [-0.3, -0.25) is 4.79 Å². The number of aryl methyl sites for hydroxylation is 2. The van der Waals surface area contributed by atoms with Crippen LogP contribution in [0.2, 0.25) is 0 Å². The van der Waals surface area contributed by atoms with Gasteiger partial charge in [0.25, 0.3) is 0 Å². The van der Waals surface area contributed by atoms with E-state index in [1.165, 1.54) is 51.9 Å². The molecule has 1 atom stereocenters. The van der Waals surface area contributed by atoms with Crippen molar-refractivity contribution in [3.8, 4) is 11.5 Å². The van der Waals surface area contributed by atoms with Gasteiger partial charge in [0.15, 0.2) is 0 Å². The molecule has 240 valence electrons. The summed E-state index contributed by atoms with van der Waals surface area (Å²) in [4.78, 5) is 18.0. The number of rotatable bonds is 6. The second-order valence-electron chi connectivity index (χ2n) is 13.9. The fourth-order valence-corrected chi connectivity index (χ4v) is 11.3. The Bertz CT molecular complexity index is 1700. The van der Waals surface area contributed by atoms with Gasteiger partial charge in [-0.25, -0.2) is 8.51 Å². The molecule has 0 aromatic heterocycles. The second-order valence-corrected chi connectivity index (χ2v) is 15.3. The lowest BCUT2D eigenvalue weighted by Crippen LogP contribution is -2.48. The minimum Gasteiger partial charge on any atom is -0.469 e. The first-order valence-corrected chi connectivity index (χ1v) is 18.6. The molecule has 6 aliphatic heterocycles. The van der Waals surface area contributed by atoms with Crippen LogP contribution in [0.3, 0.4) is 0 Å². The molecule has 0 amide bonds. The van der Waals surface area contributed by atoms with Gasteiger partial charge in [0, 0.05) is 78.3 Å². The molecule has 3 aromatic carbocycles. The van der Waals surface area contributed by atoms with E-state index in [1.807, 2.05) is 6.07 Å². The third kappa shape index (κ3) is 4.05. The van der Waals surface area contributed by atoms with Gasteiger partial charge < -0.3 is 19.3 Å². The molecule has 46 heavy (non-hydrogen) atoms. The smallest absolute Gasteiger partial charge is 0.305 e. The molecule has 7 nitrogen and oxygen atoms in total. The van der Waals surface area contributed by atoms with Gasteiger partial charge in [-0.1, -0.05) is 24.6 Å². The zero-order valence-electron chi connectivity index (χ0n) is 26.9. The Morgan fingerprint density at radius 3 is 2.00 bits per heavy atom. The zero-order chi connectivity index (χ0) is 31.0. The van der Waals surface area contributed by atoms with E-state index in [4.69, 9.17) is 9.47 Å². The number of fused-ring (bicyclic) bond motifs is 8. The van der Waals surface area contributed by atoms with E-state index in [1.54, 1.807) is 0 Å². The highest BCUT2D eigenvalue weighted by Crippen LogP contribution is 2.63. The number of esters is 1. The summed E-state index contributed by atoms with van der Waals surface area (Å²) >= 11 is 0. The Kier molecular flexibility index (Phi) is 6.97. The van der Waals surface area contributed by atoms with E-state index in [2.05, 4.69) is 44.4 Å². The average Bonchev–Trinajstić information content (AvgIpc) is 3.34. The zero-order valence-corrected chi connectivity index (χ0v) is 27.7. The van der Waals surface area contributed by atoms with Gasteiger partial charge >= 0.3 is 5.97 Å². The van der Waals surface area contributed by atoms with Gasteiger partial charge in [0.2, 0.25) is 0 Å². The lowest BCUT2D eigenvalue weighted by Gasteiger charge is -2.48. The molecule has 0 N–H and O–H groups in total. The Labute approximate surface area is 274 Å². The molecule has 0 radical (unpaired) electrons. The van der Waals surface area contributed by atoms with Crippen molar-refractivity contribution in [2.24, 2.45) is 0 Å². The highest BCUT2D eigenvalue weighted by molar-refractivity contribution is 7.83. The molecule has 0 saturated carbocycles. The van der Waals surface area contributed by atoms with Crippen LogP contribution in [0, 0.1) is 0 Å². The minimum absolute atomic E-state index is 0.165. The molecular weight excluding hydrogens is 595 g/mol. The summed E-state index contributed by atoms with van der Waals surface area (Å²) in [6.07, 6.45) is 11.7. The van der Waals surface area contributed by atoms with Crippen molar-refractivity contribution in [3.63, 3.8) is 0 Å². The van der Waals surface area contributed by atoms with Gasteiger partial charge in [0.1, 0.15) is 28.0 Å². The molecule has 0 bridgehead atoms. The standard InChI is InChI=1S/C38H43N3O4S/c1-44-33(42)17-3-2-6-22-41-38(29-15-4-5-16-32(29)46(41)43)30-23-25-11-7-18-39-20-9-13-27(34(25)39)36(30)45-37-28-14-10-21-40-19-8-12-26(35(28)40)24-31(37)38/h4-5,15-16,23-24H,2-3,6-14,17-22H2,1H3. The molecule has 1 spiro atoms. The fourth-order valence-electron chi connectivity index (χ4n) is 9.59. The van der Waals surface area contributed by atoms with Crippen molar-refractivity contribution in [1.29, 1.82) is 0 Å². The topological polar surface area (TPSA) is 62.3 Å². The number of hydrogen-bond donors (Lipinski definition) is 0. The minimum atomic E-state index is -1.34. The van der Waals surface area contributed by atoms with Crippen LogP contribution >= 0.6 is 0 Å². The van der Waals surface area contributed by atoms with E-state index in [9.17, 15) is 9.00 Å². The van der Waals surface area contributed by atoms with Crippen molar-refractivity contribution in [2.45, 2.75) is 87.5 Å². The Morgan fingerprint density at radius 2 is 1.39 bits per heavy atom. The summed E-state index contributed by atoms with van der Waals surface area (Å²) in [5.74, 6) is 1.87. The predicted molar refractivity (Wildman–Crippen MR) is 181 cm³/mol. The van der Waals surface area contributed by atoms with Crippen molar-refractivity contribution < 1.29 is 18.5 Å². The number of carbonyl (C=O) groups is 1. The molecule has 6 aliphatic rings. The van der Waals surface area contributed by atoms with E-state index < -0.39 is 16.5 Å². The van der Waals surface area contributed by atoms with Crippen LogP contribution in [0.1, 0.15) is 90.3 Å². The van der Waals surface area contributed by atoms with Gasteiger partial charge in [-0.15, -0.1) is 0 Å². The third-order valence-electron chi connectivity index (χ3n) is 11.4. The lowest BCUT2D eigenvalue weighted by molar-refractivity contribution is -0.140. The maximum absolute atomic E-state index is 14.8. The summed E-state index contributed by atoms with van der Waals surface area (Å²) in [7, 11) is 0.108. The van der Waals surface area contributed by atoms with Gasteiger partial charge in [-0.05, 0) is 93.5 Å². The fraction of sp³-hybridized carbons (Fsp3) is 0.500.